The monoisotopic (exact) mass is 168 g/mol. The first-order chi connectivity index (χ1) is 5.81. The van der Waals surface area contributed by atoms with E-state index in [1.807, 2.05) is 12.1 Å². The first-order valence-electron chi connectivity index (χ1n) is 4.64. The number of nitrogens with zero attached hydrogens (tertiary/aromatic N) is 3. The smallest absolute Gasteiger partial charge is 0.0640 e. The van der Waals surface area contributed by atoms with Crippen LogP contribution in [-0.2, 0) is 0 Å². The summed E-state index contributed by atoms with van der Waals surface area (Å²) < 4.78 is 0. The summed E-state index contributed by atoms with van der Waals surface area (Å²) in [6.07, 6.45) is 2.59. The van der Waals surface area contributed by atoms with Crippen molar-refractivity contribution in [3.8, 4) is 0 Å². The first kappa shape index (κ1) is 7.98. The van der Waals surface area contributed by atoms with Gasteiger partial charge in [0, 0.05) is 13.6 Å². The van der Waals surface area contributed by atoms with Crippen molar-refractivity contribution in [2.24, 2.45) is 11.1 Å². The third-order valence-corrected chi connectivity index (χ3v) is 3.26. The van der Waals surface area contributed by atoms with Crippen molar-refractivity contribution in [3.05, 3.63) is 0 Å². The van der Waals surface area contributed by atoms with Crippen LogP contribution in [0.3, 0.4) is 0 Å². The molecule has 0 amide bonds. The topological polar surface area (TPSA) is 42.7 Å². The fourth-order valence-corrected chi connectivity index (χ4v) is 2.43. The Hall–Kier alpha value is -0.640. The first-order valence-corrected chi connectivity index (χ1v) is 4.64. The Balaban J connectivity index is 2.03. The summed E-state index contributed by atoms with van der Waals surface area (Å²) in [5.74, 6) is 0.786. The van der Waals surface area contributed by atoms with E-state index in [0.717, 1.165) is 12.5 Å². The fourth-order valence-electron chi connectivity index (χ4n) is 2.43. The van der Waals surface area contributed by atoms with Gasteiger partial charge in [0.1, 0.15) is 0 Å². The molecule has 0 aliphatic carbocycles. The van der Waals surface area contributed by atoms with Crippen molar-refractivity contribution in [1.82, 2.24) is 9.91 Å². The van der Waals surface area contributed by atoms with Crippen molar-refractivity contribution < 1.29 is 0 Å². The van der Waals surface area contributed by atoms with Gasteiger partial charge in [0.25, 0.3) is 0 Å². The molecule has 0 aromatic rings. The summed E-state index contributed by atoms with van der Waals surface area (Å²) in [4.78, 5) is 2.48. The van der Waals surface area contributed by atoms with Crippen molar-refractivity contribution in [3.63, 3.8) is 0 Å². The van der Waals surface area contributed by atoms with Crippen LogP contribution < -0.4 is 0 Å². The van der Waals surface area contributed by atoms with Crippen LogP contribution in [0.15, 0.2) is 5.22 Å². The minimum Gasteiger partial charge on any atom is -0.301 e. The fraction of sp³-hybridized carbons (Fsp3) is 1.00. The lowest BCUT2D eigenvalue weighted by atomic mass is 9.84. The van der Waals surface area contributed by atoms with Crippen LogP contribution in [0.5, 0.6) is 0 Å². The molecule has 1 N–H and O–H groups in total. The second-order valence-corrected chi connectivity index (χ2v) is 3.88. The van der Waals surface area contributed by atoms with Crippen LogP contribution in [0.4, 0.5) is 0 Å². The Labute approximate surface area is 73.0 Å². The lowest BCUT2D eigenvalue weighted by Gasteiger charge is -2.46. The van der Waals surface area contributed by atoms with E-state index < -0.39 is 0 Å². The summed E-state index contributed by atoms with van der Waals surface area (Å²) in [5.41, 5.74) is 6.96. The summed E-state index contributed by atoms with van der Waals surface area (Å²) >= 11 is 0. The van der Waals surface area contributed by atoms with Crippen LogP contribution in [0.2, 0.25) is 0 Å². The molecule has 2 bridgehead atoms. The van der Waals surface area contributed by atoms with Crippen molar-refractivity contribution >= 4 is 0 Å². The lowest BCUT2D eigenvalue weighted by Crippen LogP contribution is -2.55. The minimum absolute atomic E-state index is 0.505. The van der Waals surface area contributed by atoms with Gasteiger partial charge in [-0.2, -0.15) is 5.53 Å². The highest BCUT2D eigenvalue weighted by atomic mass is 15.5. The standard InChI is InChI=1S/C8H16N4/c1-11(10-9)8-6-12-4-2-7(8)3-5-12/h7-9H,2-6H2,1H3. The maximum Gasteiger partial charge on any atom is 0.0640 e. The van der Waals surface area contributed by atoms with Gasteiger partial charge in [0.2, 0.25) is 0 Å². The lowest BCUT2D eigenvalue weighted by molar-refractivity contribution is 0.0129. The predicted molar refractivity (Wildman–Crippen MR) is 45.9 cm³/mol. The highest BCUT2D eigenvalue weighted by Crippen LogP contribution is 2.30. The Morgan fingerprint density at radius 2 is 2.08 bits per heavy atom. The van der Waals surface area contributed by atoms with Gasteiger partial charge in [0.05, 0.1) is 6.04 Å². The van der Waals surface area contributed by atoms with Gasteiger partial charge in [-0.05, 0) is 31.8 Å². The number of hydrogen-bond acceptors (Lipinski definition) is 3. The molecular formula is C8H16N4. The van der Waals surface area contributed by atoms with Gasteiger partial charge < -0.3 is 4.90 Å². The van der Waals surface area contributed by atoms with Crippen LogP contribution in [0.25, 0.3) is 0 Å². The van der Waals surface area contributed by atoms with Gasteiger partial charge in [-0.1, -0.05) is 5.22 Å². The maximum atomic E-state index is 6.96. The van der Waals surface area contributed by atoms with E-state index in [1.165, 1.54) is 25.9 Å². The van der Waals surface area contributed by atoms with E-state index in [4.69, 9.17) is 5.53 Å². The van der Waals surface area contributed by atoms with Gasteiger partial charge >= 0.3 is 0 Å². The summed E-state index contributed by atoms with van der Waals surface area (Å²) in [6, 6.07) is 0.505. The van der Waals surface area contributed by atoms with E-state index in [9.17, 15) is 0 Å². The molecule has 0 aromatic carbocycles. The summed E-state index contributed by atoms with van der Waals surface area (Å²) in [5, 5.41) is 5.30. The Morgan fingerprint density at radius 3 is 2.50 bits per heavy atom. The maximum absolute atomic E-state index is 6.96. The Morgan fingerprint density at radius 1 is 1.42 bits per heavy atom. The predicted octanol–water partition coefficient (Wildman–Crippen LogP) is 0.958. The van der Waals surface area contributed by atoms with Gasteiger partial charge in [-0.3, -0.25) is 5.01 Å². The molecule has 4 nitrogen and oxygen atoms in total. The molecule has 1 atom stereocenters. The molecule has 12 heavy (non-hydrogen) atoms. The number of piperidine rings is 3. The van der Waals surface area contributed by atoms with Crippen LogP contribution in [0, 0.1) is 11.4 Å². The van der Waals surface area contributed by atoms with E-state index in [2.05, 4.69) is 10.1 Å². The molecule has 3 aliphatic heterocycles. The van der Waals surface area contributed by atoms with Crippen LogP contribution >= 0.6 is 0 Å². The van der Waals surface area contributed by atoms with Gasteiger partial charge in [-0.15, -0.1) is 0 Å². The number of fused-ring (bicyclic) bond motifs is 3. The summed E-state index contributed by atoms with van der Waals surface area (Å²) in [7, 11) is 1.92. The molecule has 3 heterocycles. The zero-order chi connectivity index (χ0) is 8.55. The second kappa shape index (κ2) is 3.01. The highest BCUT2D eigenvalue weighted by molar-refractivity contribution is 4.90. The van der Waals surface area contributed by atoms with Crippen LogP contribution in [-0.4, -0.2) is 42.6 Å². The normalized spacial score (nSPS) is 39.6. The Kier molecular flexibility index (Phi) is 2.00. The molecule has 3 saturated heterocycles. The molecule has 0 radical (unpaired) electrons. The quantitative estimate of drug-likeness (QED) is 0.493. The SMILES string of the molecule is CN(N=N)C1CN2CCC1CC2. The van der Waals surface area contributed by atoms with E-state index in [0.29, 0.717) is 6.04 Å². The zero-order valence-corrected chi connectivity index (χ0v) is 7.53. The molecule has 3 aliphatic rings. The average Bonchev–Trinajstić information content (AvgIpc) is 2.18. The molecule has 3 fully saturated rings. The molecule has 3 rings (SSSR count). The Bertz CT molecular complexity index is 174. The van der Waals surface area contributed by atoms with Crippen molar-refractivity contribution in [2.45, 2.75) is 18.9 Å². The van der Waals surface area contributed by atoms with E-state index in [-0.39, 0.29) is 0 Å². The third kappa shape index (κ3) is 1.20. The van der Waals surface area contributed by atoms with Crippen molar-refractivity contribution in [2.75, 3.05) is 26.7 Å². The summed E-state index contributed by atoms with van der Waals surface area (Å²) in [6.45, 7) is 3.63. The minimum atomic E-state index is 0.505. The van der Waals surface area contributed by atoms with Gasteiger partial charge in [-0.25, -0.2) is 0 Å². The number of nitrogens with one attached hydrogen (secondary N) is 1. The molecule has 68 valence electrons. The zero-order valence-electron chi connectivity index (χ0n) is 7.53. The number of rotatable bonds is 2. The largest absolute Gasteiger partial charge is 0.301 e. The molecular weight excluding hydrogens is 152 g/mol. The van der Waals surface area contributed by atoms with Crippen molar-refractivity contribution in [1.29, 1.82) is 5.53 Å². The molecule has 0 saturated carbocycles. The molecule has 1 unspecified atom stereocenters. The third-order valence-electron chi connectivity index (χ3n) is 3.26. The second-order valence-electron chi connectivity index (χ2n) is 3.88. The van der Waals surface area contributed by atoms with E-state index in [1.54, 1.807) is 0 Å². The molecule has 0 aromatic heterocycles. The van der Waals surface area contributed by atoms with Gasteiger partial charge in [0.15, 0.2) is 0 Å². The number of likely N-dealkylation sites (N-methyl/N-ethyl adjacent to an activating group) is 1. The molecule has 4 heteroatoms. The average molecular weight is 168 g/mol. The molecule has 0 spiro atoms. The van der Waals surface area contributed by atoms with Crippen LogP contribution in [0.1, 0.15) is 12.8 Å². The number of hydrogen-bond donors (Lipinski definition) is 1. The van der Waals surface area contributed by atoms with E-state index >= 15 is 0 Å². The highest BCUT2D eigenvalue weighted by Gasteiger charge is 2.36.